The van der Waals surface area contributed by atoms with E-state index in [-0.39, 0.29) is 0 Å². The zero-order valence-electron chi connectivity index (χ0n) is 10.7. The zero-order valence-corrected chi connectivity index (χ0v) is 11.6. The number of nitrogens with one attached hydrogen (secondary N) is 1. The van der Waals surface area contributed by atoms with Gasteiger partial charge >= 0.3 is 5.97 Å². The number of carbonyl (C=O) groups is 1. The van der Waals surface area contributed by atoms with Gasteiger partial charge < -0.3 is 10.4 Å². The van der Waals surface area contributed by atoms with Gasteiger partial charge in [0.2, 0.25) is 0 Å². The SMILES string of the molecule is C[C@H](NCC[C@H](CCS)c1ccccc1)C(=O)O. The topological polar surface area (TPSA) is 49.3 Å². The van der Waals surface area contributed by atoms with E-state index in [2.05, 4.69) is 30.1 Å². The summed E-state index contributed by atoms with van der Waals surface area (Å²) in [5, 5.41) is 11.8. The summed E-state index contributed by atoms with van der Waals surface area (Å²) >= 11 is 4.29. The summed E-state index contributed by atoms with van der Waals surface area (Å²) in [5.74, 6) is 0.478. The van der Waals surface area contributed by atoms with E-state index >= 15 is 0 Å². The van der Waals surface area contributed by atoms with Crippen molar-refractivity contribution in [1.82, 2.24) is 5.32 Å². The summed E-state index contributed by atoms with van der Waals surface area (Å²) in [6, 6.07) is 9.83. The van der Waals surface area contributed by atoms with Crippen LogP contribution in [0.2, 0.25) is 0 Å². The Kier molecular flexibility index (Phi) is 6.83. The van der Waals surface area contributed by atoms with Crippen LogP contribution in [0.25, 0.3) is 0 Å². The Morgan fingerprint density at radius 1 is 1.33 bits per heavy atom. The van der Waals surface area contributed by atoms with Gasteiger partial charge in [0.15, 0.2) is 0 Å². The van der Waals surface area contributed by atoms with Gasteiger partial charge in [0.1, 0.15) is 6.04 Å². The second-order valence-electron chi connectivity index (χ2n) is 4.42. The molecule has 1 rings (SSSR count). The number of rotatable bonds is 8. The van der Waals surface area contributed by atoms with E-state index in [1.165, 1.54) is 5.56 Å². The third-order valence-corrected chi connectivity index (χ3v) is 3.32. The van der Waals surface area contributed by atoms with Crippen LogP contribution < -0.4 is 5.32 Å². The predicted molar refractivity (Wildman–Crippen MR) is 77.4 cm³/mol. The highest BCUT2D eigenvalue weighted by Crippen LogP contribution is 2.23. The summed E-state index contributed by atoms with van der Waals surface area (Å²) in [7, 11) is 0. The smallest absolute Gasteiger partial charge is 0.320 e. The lowest BCUT2D eigenvalue weighted by molar-refractivity contribution is -0.138. The van der Waals surface area contributed by atoms with Crippen LogP contribution in [0.4, 0.5) is 0 Å². The van der Waals surface area contributed by atoms with Crippen molar-refractivity contribution in [1.29, 1.82) is 0 Å². The van der Waals surface area contributed by atoms with Crippen LogP contribution in [0, 0.1) is 0 Å². The average molecular weight is 267 g/mol. The van der Waals surface area contributed by atoms with E-state index in [0.717, 1.165) is 18.6 Å². The molecule has 0 amide bonds. The van der Waals surface area contributed by atoms with Crippen LogP contribution in [0.15, 0.2) is 30.3 Å². The minimum Gasteiger partial charge on any atom is -0.480 e. The van der Waals surface area contributed by atoms with Crippen molar-refractivity contribution in [3.05, 3.63) is 35.9 Å². The molecule has 1 aromatic rings. The molecule has 0 aliphatic heterocycles. The van der Waals surface area contributed by atoms with E-state index in [0.29, 0.717) is 12.5 Å². The normalized spacial score (nSPS) is 14.1. The molecule has 0 aliphatic carbocycles. The highest BCUT2D eigenvalue weighted by Gasteiger charge is 2.13. The number of aliphatic carboxylic acids is 1. The molecule has 0 unspecified atom stereocenters. The average Bonchev–Trinajstić information content (AvgIpc) is 2.38. The molecule has 1 aromatic carbocycles. The van der Waals surface area contributed by atoms with Gasteiger partial charge in [-0.25, -0.2) is 0 Å². The lowest BCUT2D eigenvalue weighted by Gasteiger charge is -2.17. The van der Waals surface area contributed by atoms with Gasteiger partial charge in [0.05, 0.1) is 0 Å². The summed E-state index contributed by atoms with van der Waals surface area (Å²) in [6.07, 6.45) is 1.94. The van der Waals surface area contributed by atoms with Crippen LogP contribution >= 0.6 is 12.6 Å². The van der Waals surface area contributed by atoms with Crippen molar-refractivity contribution in [3.63, 3.8) is 0 Å². The van der Waals surface area contributed by atoms with Gasteiger partial charge in [0, 0.05) is 0 Å². The molecule has 0 aliphatic rings. The van der Waals surface area contributed by atoms with E-state index in [1.54, 1.807) is 6.92 Å². The Morgan fingerprint density at radius 3 is 2.56 bits per heavy atom. The lowest BCUT2D eigenvalue weighted by atomic mass is 9.93. The van der Waals surface area contributed by atoms with E-state index in [1.807, 2.05) is 18.2 Å². The van der Waals surface area contributed by atoms with Crippen molar-refractivity contribution in [2.45, 2.75) is 31.7 Å². The Balaban J connectivity index is 2.47. The van der Waals surface area contributed by atoms with Gasteiger partial charge in [-0.05, 0) is 43.5 Å². The Bertz CT molecular complexity index is 356. The first-order valence-electron chi connectivity index (χ1n) is 6.27. The maximum absolute atomic E-state index is 10.7. The van der Waals surface area contributed by atoms with Crippen molar-refractivity contribution in [2.75, 3.05) is 12.3 Å². The fraction of sp³-hybridized carbons (Fsp3) is 0.500. The summed E-state index contributed by atoms with van der Waals surface area (Å²) in [5.41, 5.74) is 1.30. The molecule has 0 spiro atoms. The van der Waals surface area contributed by atoms with Crippen molar-refractivity contribution in [2.24, 2.45) is 0 Å². The molecule has 3 nitrogen and oxygen atoms in total. The van der Waals surface area contributed by atoms with Gasteiger partial charge in [-0.15, -0.1) is 0 Å². The molecule has 2 atom stereocenters. The third-order valence-electron chi connectivity index (χ3n) is 3.06. The van der Waals surface area contributed by atoms with E-state index in [9.17, 15) is 4.79 Å². The van der Waals surface area contributed by atoms with Gasteiger partial charge in [-0.3, -0.25) is 4.79 Å². The molecule has 0 radical (unpaired) electrons. The molecular formula is C14H21NO2S. The molecule has 100 valence electrons. The largest absolute Gasteiger partial charge is 0.480 e. The highest BCUT2D eigenvalue weighted by atomic mass is 32.1. The van der Waals surface area contributed by atoms with E-state index in [4.69, 9.17) is 5.11 Å². The number of benzene rings is 1. The maximum atomic E-state index is 10.7. The number of hydrogen-bond acceptors (Lipinski definition) is 3. The highest BCUT2D eigenvalue weighted by molar-refractivity contribution is 7.80. The monoisotopic (exact) mass is 267 g/mol. The zero-order chi connectivity index (χ0) is 13.4. The van der Waals surface area contributed by atoms with Crippen LogP contribution in [-0.2, 0) is 4.79 Å². The summed E-state index contributed by atoms with van der Waals surface area (Å²) in [6.45, 7) is 2.37. The molecule has 0 fully saturated rings. The molecule has 0 saturated carbocycles. The second kappa shape index (κ2) is 8.16. The fourth-order valence-corrected chi connectivity index (χ4v) is 2.23. The van der Waals surface area contributed by atoms with Gasteiger partial charge in [-0.1, -0.05) is 30.3 Å². The quantitative estimate of drug-likeness (QED) is 0.634. The van der Waals surface area contributed by atoms with Crippen molar-refractivity contribution >= 4 is 18.6 Å². The Morgan fingerprint density at radius 2 is 2.00 bits per heavy atom. The number of hydrogen-bond donors (Lipinski definition) is 3. The minimum atomic E-state index is -0.805. The standard InChI is InChI=1S/C14H21NO2S/c1-11(14(16)17)15-9-7-13(8-10-18)12-5-3-2-4-6-12/h2-6,11,13,15,18H,7-10H2,1H3,(H,16,17)/t11-,13+/m0/s1. The predicted octanol–water partition coefficient (Wildman–Crippen LogP) is 2.54. The molecule has 0 aromatic heterocycles. The molecule has 0 heterocycles. The van der Waals surface area contributed by atoms with Crippen LogP contribution in [-0.4, -0.2) is 29.4 Å². The molecular weight excluding hydrogens is 246 g/mol. The Labute approximate surface area is 114 Å². The molecule has 4 heteroatoms. The fourth-order valence-electron chi connectivity index (χ4n) is 1.92. The molecule has 0 saturated heterocycles. The first-order chi connectivity index (χ1) is 8.65. The van der Waals surface area contributed by atoms with Crippen LogP contribution in [0.3, 0.4) is 0 Å². The number of thiol groups is 1. The first-order valence-corrected chi connectivity index (χ1v) is 6.90. The number of carboxylic acid groups (broad SMARTS) is 1. The van der Waals surface area contributed by atoms with Crippen LogP contribution in [0.1, 0.15) is 31.2 Å². The lowest BCUT2D eigenvalue weighted by Crippen LogP contribution is -2.34. The Hall–Kier alpha value is -1.00. The van der Waals surface area contributed by atoms with Crippen LogP contribution in [0.5, 0.6) is 0 Å². The third kappa shape index (κ3) is 5.10. The second-order valence-corrected chi connectivity index (χ2v) is 4.87. The molecule has 18 heavy (non-hydrogen) atoms. The summed E-state index contributed by atoms with van der Waals surface area (Å²) in [4.78, 5) is 10.7. The van der Waals surface area contributed by atoms with Crippen molar-refractivity contribution in [3.8, 4) is 0 Å². The minimum absolute atomic E-state index is 0.442. The molecule has 0 bridgehead atoms. The molecule has 2 N–H and O–H groups in total. The summed E-state index contributed by atoms with van der Waals surface area (Å²) < 4.78 is 0. The van der Waals surface area contributed by atoms with E-state index < -0.39 is 12.0 Å². The van der Waals surface area contributed by atoms with Gasteiger partial charge in [-0.2, -0.15) is 12.6 Å². The van der Waals surface area contributed by atoms with Crippen molar-refractivity contribution < 1.29 is 9.90 Å². The first kappa shape index (κ1) is 15.1. The maximum Gasteiger partial charge on any atom is 0.320 e. The van der Waals surface area contributed by atoms with Gasteiger partial charge in [0.25, 0.3) is 0 Å². The number of carboxylic acids is 1.